The summed E-state index contributed by atoms with van der Waals surface area (Å²) in [6.07, 6.45) is 62.4. The molecule has 0 aliphatic rings. The Morgan fingerprint density at radius 1 is 0.367 bits per heavy atom. The number of rotatable bonds is 42. The van der Waals surface area contributed by atoms with Crippen LogP contribution in [0.25, 0.3) is 0 Å². The Bertz CT molecular complexity index is 1230. The van der Waals surface area contributed by atoms with E-state index >= 15 is 0 Å². The molecule has 0 heterocycles. The van der Waals surface area contributed by atoms with Crippen molar-refractivity contribution in [2.45, 2.75) is 213 Å². The van der Waals surface area contributed by atoms with Crippen molar-refractivity contribution in [1.82, 2.24) is 0 Å². The highest BCUT2D eigenvalue weighted by Gasteiger charge is 2.19. The van der Waals surface area contributed by atoms with Crippen LogP contribution in [0.3, 0.4) is 0 Å². The summed E-state index contributed by atoms with van der Waals surface area (Å²) in [6, 6.07) is 0. The second kappa shape index (κ2) is 48.0. The molecule has 6 nitrogen and oxygen atoms in total. The summed E-state index contributed by atoms with van der Waals surface area (Å²) in [4.78, 5) is 37.9. The first-order valence-corrected chi connectivity index (χ1v) is 24.3. The maximum absolute atomic E-state index is 12.8. The fourth-order valence-electron chi connectivity index (χ4n) is 6.28. The van der Waals surface area contributed by atoms with Gasteiger partial charge in [-0.25, -0.2) is 0 Å². The zero-order valence-electron chi connectivity index (χ0n) is 38.7. The second-order valence-corrected chi connectivity index (χ2v) is 15.7. The van der Waals surface area contributed by atoms with Gasteiger partial charge in [0.05, 0.1) is 0 Å². The lowest BCUT2D eigenvalue weighted by Crippen LogP contribution is -2.30. The number of unbranched alkanes of at least 4 members (excludes halogenated alkanes) is 18. The molecule has 0 N–H and O–H groups in total. The Hall–Kier alpha value is -3.67. The minimum atomic E-state index is -0.805. The van der Waals surface area contributed by atoms with Crippen molar-refractivity contribution in [1.29, 1.82) is 0 Å². The van der Waals surface area contributed by atoms with Gasteiger partial charge >= 0.3 is 17.9 Å². The zero-order valence-corrected chi connectivity index (χ0v) is 38.7. The van der Waals surface area contributed by atoms with Gasteiger partial charge in [0.2, 0.25) is 0 Å². The van der Waals surface area contributed by atoms with Gasteiger partial charge in [0.25, 0.3) is 0 Å². The molecule has 0 saturated carbocycles. The Morgan fingerprint density at radius 2 is 0.733 bits per heavy atom. The third kappa shape index (κ3) is 45.4. The van der Waals surface area contributed by atoms with Crippen LogP contribution >= 0.6 is 0 Å². The molecule has 1 unspecified atom stereocenters. The van der Waals surface area contributed by atoms with Crippen molar-refractivity contribution in [3.8, 4) is 0 Å². The topological polar surface area (TPSA) is 78.9 Å². The molecule has 0 saturated heterocycles. The van der Waals surface area contributed by atoms with E-state index in [1.165, 1.54) is 38.5 Å². The number of hydrogen-bond donors (Lipinski definition) is 0. The first-order valence-electron chi connectivity index (χ1n) is 24.3. The molecule has 0 bridgehead atoms. The zero-order chi connectivity index (χ0) is 43.7. The van der Waals surface area contributed by atoms with Gasteiger partial charge in [0.15, 0.2) is 6.10 Å². The SMILES string of the molecule is CC\C=C/C=C\C=C/C=C\CCCCCCCC(=O)OCC(COC(=O)CCCCC/C=C\CCCCCCCC)OC(=O)CCCCCC/C=C\C/C=C\C/C=C\CC. The molecule has 0 amide bonds. The molecule has 1 atom stereocenters. The number of hydrogen-bond acceptors (Lipinski definition) is 6. The molecule has 340 valence electrons. The van der Waals surface area contributed by atoms with Crippen LogP contribution < -0.4 is 0 Å². The second-order valence-electron chi connectivity index (χ2n) is 15.7. The van der Waals surface area contributed by atoms with Crippen LogP contribution in [-0.4, -0.2) is 37.2 Å². The monoisotopic (exact) mass is 833 g/mol. The average molecular weight is 833 g/mol. The van der Waals surface area contributed by atoms with Crippen molar-refractivity contribution < 1.29 is 28.6 Å². The summed E-state index contributed by atoms with van der Waals surface area (Å²) < 4.78 is 16.7. The maximum atomic E-state index is 12.8. The molecule has 60 heavy (non-hydrogen) atoms. The normalized spacial score (nSPS) is 12.9. The number of carbonyl (C=O) groups excluding carboxylic acids is 3. The first-order chi connectivity index (χ1) is 29.5. The van der Waals surface area contributed by atoms with Gasteiger partial charge in [-0.1, -0.05) is 189 Å². The lowest BCUT2D eigenvalue weighted by atomic mass is 10.1. The van der Waals surface area contributed by atoms with Crippen LogP contribution in [-0.2, 0) is 28.6 Å². The molecule has 0 radical (unpaired) electrons. The Labute approximate surface area is 368 Å². The van der Waals surface area contributed by atoms with Crippen LogP contribution in [0.2, 0.25) is 0 Å². The van der Waals surface area contributed by atoms with Crippen molar-refractivity contribution in [2.75, 3.05) is 13.2 Å². The van der Waals surface area contributed by atoms with Gasteiger partial charge < -0.3 is 14.2 Å². The molecular weight excluding hydrogens is 745 g/mol. The summed E-state index contributed by atoms with van der Waals surface area (Å²) in [5.41, 5.74) is 0. The predicted molar refractivity (Wildman–Crippen MR) is 256 cm³/mol. The van der Waals surface area contributed by atoms with Gasteiger partial charge in [-0.15, -0.1) is 0 Å². The van der Waals surface area contributed by atoms with Gasteiger partial charge in [0, 0.05) is 19.3 Å². The molecule has 0 aliphatic heterocycles. The van der Waals surface area contributed by atoms with Crippen LogP contribution in [0, 0.1) is 0 Å². The van der Waals surface area contributed by atoms with Crippen molar-refractivity contribution in [3.05, 3.63) is 97.2 Å². The lowest BCUT2D eigenvalue weighted by molar-refractivity contribution is -0.167. The molecule has 0 aromatic heterocycles. The highest BCUT2D eigenvalue weighted by Crippen LogP contribution is 2.13. The maximum Gasteiger partial charge on any atom is 0.306 e. The summed E-state index contributed by atoms with van der Waals surface area (Å²) >= 11 is 0. The van der Waals surface area contributed by atoms with Crippen LogP contribution in [0.5, 0.6) is 0 Å². The standard InChI is InChI=1S/C54H88O6/c1-4-7-10-13-16-19-22-25-27-30-32-35-38-41-44-47-53(56)59-50-51(49-58-52(55)46-43-40-37-34-31-28-24-21-18-15-12-9-6-3)60-54(57)48-45-42-39-36-33-29-26-23-20-17-14-11-8-5-2/h7-8,10-11,13,16-17,19-20,22,25-29,31,51H,4-6,9,12,14-15,18,21,23-24,30,32-50H2,1-3H3/b10-7-,11-8-,16-13-,20-17-,22-19-,27-25-,29-26-,31-28-. The number of allylic oxidation sites excluding steroid dienone is 16. The van der Waals surface area contributed by atoms with Crippen molar-refractivity contribution >= 4 is 17.9 Å². The minimum Gasteiger partial charge on any atom is -0.462 e. The highest BCUT2D eigenvalue weighted by molar-refractivity contribution is 5.71. The Balaban J connectivity index is 4.50. The molecular formula is C54H88O6. The number of ether oxygens (including phenoxy) is 3. The molecule has 0 spiro atoms. The molecule has 0 aromatic carbocycles. The first kappa shape index (κ1) is 56.3. The predicted octanol–water partition coefficient (Wildman–Crippen LogP) is 15.8. The van der Waals surface area contributed by atoms with E-state index in [0.717, 1.165) is 128 Å². The van der Waals surface area contributed by atoms with E-state index in [-0.39, 0.29) is 31.1 Å². The van der Waals surface area contributed by atoms with E-state index < -0.39 is 6.10 Å². The Kier molecular flexibility index (Phi) is 45.1. The van der Waals surface area contributed by atoms with Gasteiger partial charge in [-0.3, -0.25) is 14.4 Å². The van der Waals surface area contributed by atoms with Crippen LogP contribution in [0.1, 0.15) is 207 Å². The summed E-state index contributed by atoms with van der Waals surface area (Å²) in [7, 11) is 0. The highest BCUT2D eigenvalue weighted by atomic mass is 16.6. The third-order valence-corrected chi connectivity index (χ3v) is 9.90. The van der Waals surface area contributed by atoms with Crippen molar-refractivity contribution in [2.24, 2.45) is 0 Å². The van der Waals surface area contributed by atoms with E-state index in [9.17, 15) is 14.4 Å². The van der Waals surface area contributed by atoms with E-state index in [0.29, 0.717) is 19.3 Å². The molecule has 6 heteroatoms. The minimum absolute atomic E-state index is 0.104. The number of esters is 3. The largest absolute Gasteiger partial charge is 0.462 e. The average Bonchev–Trinajstić information content (AvgIpc) is 3.24. The van der Waals surface area contributed by atoms with Gasteiger partial charge in [0.1, 0.15) is 13.2 Å². The van der Waals surface area contributed by atoms with Crippen molar-refractivity contribution in [3.63, 3.8) is 0 Å². The van der Waals surface area contributed by atoms with E-state index in [1.807, 2.05) is 24.3 Å². The quantitative estimate of drug-likeness (QED) is 0.0200. The summed E-state index contributed by atoms with van der Waals surface area (Å²) in [6.45, 7) is 6.31. The smallest absolute Gasteiger partial charge is 0.306 e. The third-order valence-electron chi connectivity index (χ3n) is 9.90. The van der Waals surface area contributed by atoms with Crippen LogP contribution in [0.4, 0.5) is 0 Å². The Morgan fingerprint density at radius 3 is 1.25 bits per heavy atom. The molecule has 0 aliphatic carbocycles. The summed E-state index contributed by atoms with van der Waals surface area (Å²) in [5.74, 6) is -0.971. The molecule has 0 aromatic rings. The lowest BCUT2D eigenvalue weighted by Gasteiger charge is -2.18. The van der Waals surface area contributed by atoms with Gasteiger partial charge in [-0.05, 0) is 96.3 Å². The van der Waals surface area contributed by atoms with Crippen LogP contribution in [0.15, 0.2) is 97.2 Å². The molecule has 0 rings (SSSR count). The van der Waals surface area contributed by atoms with E-state index in [2.05, 4.69) is 93.7 Å². The van der Waals surface area contributed by atoms with E-state index in [1.54, 1.807) is 0 Å². The fourth-order valence-corrected chi connectivity index (χ4v) is 6.28. The van der Waals surface area contributed by atoms with Gasteiger partial charge in [-0.2, -0.15) is 0 Å². The number of carbonyl (C=O) groups is 3. The molecule has 0 fully saturated rings. The van der Waals surface area contributed by atoms with E-state index in [4.69, 9.17) is 14.2 Å². The summed E-state index contributed by atoms with van der Waals surface area (Å²) in [5, 5.41) is 0. The fraction of sp³-hybridized carbons (Fsp3) is 0.648.